The fourth-order valence-electron chi connectivity index (χ4n) is 0.679. The third kappa shape index (κ3) is 1.16. The maximum atomic E-state index is 5.59. The Kier molecular flexibility index (Phi) is 1.71. The molecule has 0 bridgehead atoms. The van der Waals surface area contributed by atoms with Crippen molar-refractivity contribution < 1.29 is 0 Å². The third-order valence-electron chi connectivity index (χ3n) is 1.38. The van der Waals surface area contributed by atoms with Crippen molar-refractivity contribution in [2.45, 2.75) is 6.92 Å². The number of aryl methyl sites for hydroxylation is 1. The molecule has 0 atom stereocenters. The Balaban J connectivity index is 3.16. The standard InChI is InChI=1S/C8H10N2/c1-3-7-4-8(9)6(2)10-5-7/h3-5H,1,9H2,2H3. The van der Waals surface area contributed by atoms with Crippen LogP contribution in [0.25, 0.3) is 6.08 Å². The van der Waals surface area contributed by atoms with Crippen LogP contribution in [0.5, 0.6) is 0 Å². The van der Waals surface area contributed by atoms with Gasteiger partial charge in [-0.1, -0.05) is 12.7 Å². The van der Waals surface area contributed by atoms with Crippen LogP contribution in [0.2, 0.25) is 0 Å². The van der Waals surface area contributed by atoms with Gasteiger partial charge >= 0.3 is 0 Å². The number of nitrogen functional groups attached to an aromatic ring is 1. The second-order valence-electron chi connectivity index (χ2n) is 2.15. The third-order valence-corrected chi connectivity index (χ3v) is 1.38. The number of hydrogen-bond acceptors (Lipinski definition) is 2. The van der Waals surface area contributed by atoms with Crippen LogP contribution in [0.3, 0.4) is 0 Å². The Morgan fingerprint density at radius 3 is 2.90 bits per heavy atom. The zero-order valence-electron chi connectivity index (χ0n) is 5.96. The maximum Gasteiger partial charge on any atom is 0.0602 e. The van der Waals surface area contributed by atoms with Crippen LogP contribution in [-0.2, 0) is 0 Å². The summed E-state index contributed by atoms with van der Waals surface area (Å²) in [5.41, 5.74) is 8.13. The van der Waals surface area contributed by atoms with Crippen molar-refractivity contribution in [2.75, 3.05) is 5.73 Å². The maximum absolute atomic E-state index is 5.59. The first kappa shape index (κ1) is 6.81. The van der Waals surface area contributed by atoms with Crippen LogP contribution in [-0.4, -0.2) is 4.98 Å². The minimum Gasteiger partial charge on any atom is -0.397 e. The van der Waals surface area contributed by atoms with Crippen molar-refractivity contribution in [1.29, 1.82) is 0 Å². The molecule has 0 unspecified atom stereocenters. The van der Waals surface area contributed by atoms with E-state index in [2.05, 4.69) is 11.6 Å². The summed E-state index contributed by atoms with van der Waals surface area (Å²) in [5.74, 6) is 0. The monoisotopic (exact) mass is 134 g/mol. The zero-order chi connectivity index (χ0) is 7.56. The first-order valence-electron chi connectivity index (χ1n) is 3.08. The summed E-state index contributed by atoms with van der Waals surface area (Å²) in [4.78, 5) is 4.05. The summed E-state index contributed by atoms with van der Waals surface area (Å²) in [6, 6.07) is 1.86. The van der Waals surface area contributed by atoms with Gasteiger partial charge in [-0.3, -0.25) is 4.98 Å². The average Bonchev–Trinajstić information content (AvgIpc) is 1.95. The van der Waals surface area contributed by atoms with Gasteiger partial charge in [-0.05, 0) is 18.6 Å². The second kappa shape index (κ2) is 2.52. The molecule has 0 fully saturated rings. The number of anilines is 1. The number of aromatic nitrogens is 1. The minimum atomic E-state index is 0.720. The van der Waals surface area contributed by atoms with Crippen LogP contribution in [0.1, 0.15) is 11.3 Å². The van der Waals surface area contributed by atoms with Crippen molar-refractivity contribution in [2.24, 2.45) is 0 Å². The zero-order valence-corrected chi connectivity index (χ0v) is 5.96. The highest BCUT2D eigenvalue weighted by atomic mass is 14.7. The predicted molar refractivity (Wildman–Crippen MR) is 43.5 cm³/mol. The van der Waals surface area contributed by atoms with Crippen molar-refractivity contribution >= 4 is 11.8 Å². The normalized spacial score (nSPS) is 9.30. The van der Waals surface area contributed by atoms with Gasteiger partial charge < -0.3 is 5.73 Å². The van der Waals surface area contributed by atoms with Gasteiger partial charge in [0.05, 0.1) is 11.4 Å². The molecule has 1 rings (SSSR count). The van der Waals surface area contributed by atoms with Gasteiger partial charge in [0.25, 0.3) is 0 Å². The van der Waals surface area contributed by atoms with Gasteiger partial charge in [-0.15, -0.1) is 0 Å². The molecule has 1 heterocycles. The summed E-state index contributed by atoms with van der Waals surface area (Å²) in [7, 11) is 0. The van der Waals surface area contributed by atoms with Crippen LogP contribution < -0.4 is 5.73 Å². The number of nitrogens with zero attached hydrogens (tertiary/aromatic N) is 1. The van der Waals surface area contributed by atoms with E-state index >= 15 is 0 Å². The summed E-state index contributed by atoms with van der Waals surface area (Å²) in [5, 5.41) is 0. The van der Waals surface area contributed by atoms with Crippen LogP contribution in [0.15, 0.2) is 18.8 Å². The summed E-state index contributed by atoms with van der Waals surface area (Å²) in [6.07, 6.45) is 3.47. The number of pyridine rings is 1. The van der Waals surface area contributed by atoms with Crippen LogP contribution in [0.4, 0.5) is 5.69 Å². The quantitative estimate of drug-likeness (QED) is 0.633. The Morgan fingerprint density at radius 1 is 1.70 bits per heavy atom. The summed E-state index contributed by atoms with van der Waals surface area (Å²) < 4.78 is 0. The lowest BCUT2D eigenvalue weighted by Crippen LogP contribution is -1.92. The topological polar surface area (TPSA) is 38.9 Å². The van der Waals surface area contributed by atoms with Gasteiger partial charge in [0.1, 0.15) is 0 Å². The molecule has 0 saturated carbocycles. The molecule has 2 heteroatoms. The van der Waals surface area contributed by atoms with Crippen molar-refractivity contribution in [3.8, 4) is 0 Å². The molecule has 2 nitrogen and oxygen atoms in total. The molecule has 52 valence electrons. The highest BCUT2D eigenvalue weighted by molar-refractivity contribution is 5.54. The van der Waals surface area contributed by atoms with E-state index in [-0.39, 0.29) is 0 Å². The molecule has 0 radical (unpaired) electrons. The lowest BCUT2D eigenvalue weighted by Gasteiger charge is -1.98. The van der Waals surface area contributed by atoms with E-state index in [4.69, 9.17) is 5.73 Å². The first-order chi connectivity index (χ1) is 4.74. The Labute approximate surface area is 60.4 Å². The lowest BCUT2D eigenvalue weighted by atomic mass is 10.2. The molecule has 0 aromatic carbocycles. The van der Waals surface area contributed by atoms with E-state index in [1.165, 1.54) is 0 Å². The Hall–Kier alpha value is -1.31. The molecule has 0 spiro atoms. The molecular formula is C8H10N2. The van der Waals surface area contributed by atoms with E-state index in [0.717, 1.165) is 16.9 Å². The summed E-state index contributed by atoms with van der Waals surface area (Å²) in [6.45, 7) is 5.48. The Morgan fingerprint density at radius 2 is 2.40 bits per heavy atom. The first-order valence-corrected chi connectivity index (χ1v) is 3.08. The van der Waals surface area contributed by atoms with Gasteiger partial charge in [-0.25, -0.2) is 0 Å². The second-order valence-corrected chi connectivity index (χ2v) is 2.15. The van der Waals surface area contributed by atoms with Gasteiger partial charge in [0.2, 0.25) is 0 Å². The van der Waals surface area contributed by atoms with E-state index in [0.29, 0.717) is 0 Å². The highest BCUT2D eigenvalue weighted by Crippen LogP contribution is 2.09. The predicted octanol–water partition coefficient (Wildman–Crippen LogP) is 1.62. The lowest BCUT2D eigenvalue weighted by molar-refractivity contribution is 1.20. The van der Waals surface area contributed by atoms with E-state index < -0.39 is 0 Å². The molecule has 2 N–H and O–H groups in total. The molecular weight excluding hydrogens is 124 g/mol. The summed E-state index contributed by atoms with van der Waals surface area (Å²) >= 11 is 0. The van der Waals surface area contributed by atoms with Gasteiger partial charge in [-0.2, -0.15) is 0 Å². The molecule has 1 aromatic heterocycles. The molecule has 0 aliphatic rings. The van der Waals surface area contributed by atoms with Gasteiger partial charge in [0.15, 0.2) is 0 Å². The number of nitrogens with two attached hydrogens (primary N) is 1. The fourth-order valence-corrected chi connectivity index (χ4v) is 0.679. The Bertz CT molecular complexity index is 253. The average molecular weight is 134 g/mol. The molecule has 0 amide bonds. The molecule has 0 aliphatic heterocycles. The van der Waals surface area contributed by atoms with Crippen LogP contribution in [0, 0.1) is 6.92 Å². The molecule has 0 saturated heterocycles. The van der Waals surface area contributed by atoms with Crippen molar-refractivity contribution in [1.82, 2.24) is 4.98 Å². The smallest absolute Gasteiger partial charge is 0.0602 e. The van der Waals surface area contributed by atoms with Crippen molar-refractivity contribution in [3.05, 3.63) is 30.1 Å². The highest BCUT2D eigenvalue weighted by Gasteiger charge is 1.92. The molecule has 10 heavy (non-hydrogen) atoms. The molecule has 0 aliphatic carbocycles. The SMILES string of the molecule is C=Cc1cnc(C)c(N)c1. The number of rotatable bonds is 1. The minimum absolute atomic E-state index is 0.720. The fraction of sp³-hybridized carbons (Fsp3) is 0.125. The number of hydrogen-bond donors (Lipinski definition) is 1. The van der Waals surface area contributed by atoms with E-state index in [9.17, 15) is 0 Å². The van der Waals surface area contributed by atoms with Gasteiger partial charge in [0, 0.05) is 6.20 Å². The largest absolute Gasteiger partial charge is 0.397 e. The van der Waals surface area contributed by atoms with E-state index in [1.54, 1.807) is 12.3 Å². The molecule has 1 aromatic rings. The van der Waals surface area contributed by atoms with E-state index in [1.807, 2.05) is 13.0 Å². The van der Waals surface area contributed by atoms with Crippen molar-refractivity contribution in [3.63, 3.8) is 0 Å². The van der Waals surface area contributed by atoms with Crippen LogP contribution >= 0.6 is 0 Å².